The molecule has 0 aromatic carbocycles. The first kappa shape index (κ1) is 14.4. The summed E-state index contributed by atoms with van der Waals surface area (Å²) in [5.41, 5.74) is 0. The SMILES string of the molecule is c1nc(N2CCCCC2CN2CCOCC2)c2ccsc2n1. The van der Waals surface area contributed by atoms with Gasteiger partial charge in [-0.05, 0) is 30.7 Å². The Hall–Kier alpha value is -1.24. The summed E-state index contributed by atoms with van der Waals surface area (Å²) in [4.78, 5) is 15.2. The van der Waals surface area contributed by atoms with Crippen LogP contribution in [0.4, 0.5) is 5.82 Å². The second-order valence-corrected chi connectivity index (χ2v) is 6.99. The summed E-state index contributed by atoms with van der Waals surface area (Å²) in [6.07, 6.45) is 5.56. The highest BCUT2D eigenvalue weighted by Crippen LogP contribution is 2.31. The molecular weight excluding hydrogens is 296 g/mol. The molecule has 0 radical (unpaired) electrons. The molecule has 5 nitrogen and oxygen atoms in total. The van der Waals surface area contributed by atoms with Gasteiger partial charge in [0.25, 0.3) is 0 Å². The molecule has 2 aliphatic heterocycles. The number of morpholine rings is 1. The lowest BCUT2D eigenvalue weighted by atomic mass is 10.0. The van der Waals surface area contributed by atoms with E-state index in [2.05, 4.69) is 31.2 Å². The Kier molecular flexibility index (Phi) is 4.23. The van der Waals surface area contributed by atoms with Gasteiger partial charge in [-0.1, -0.05) is 0 Å². The summed E-state index contributed by atoms with van der Waals surface area (Å²) in [6, 6.07) is 2.72. The summed E-state index contributed by atoms with van der Waals surface area (Å²) in [5.74, 6) is 1.13. The Labute approximate surface area is 134 Å². The van der Waals surface area contributed by atoms with Crippen LogP contribution in [0.3, 0.4) is 0 Å². The maximum Gasteiger partial charge on any atom is 0.141 e. The standard InChI is InChI=1S/C16H22N4OS/c1-2-5-20(13(3-1)11-19-6-8-21-9-7-19)15-14-4-10-22-16(14)18-12-17-15/h4,10,12-13H,1-3,5-9,11H2. The zero-order valence-electron chi connectivity index (χ0n) is 12.8. The Morgan fingerprint density at radius 3 is 3.00 bits per heavy atom. The van der Waals surface area contributed by atoms with Crippen LogP contribution in [0.25, 0.3) is 10.2 Å². The quantitative estimate of drug-likeness (QED) is 0.869. The number of fused-ring (bicyclic) bond motifs is 1. The summed E-state index contributed by atoms with van der Waals surface area (Å²) < 4.78 is 5.47. The zero-order valence-corrected chi connectivity index (χ0v) is 13.6. The lowest BCUT2D eigenvalue weighted by Gasteiger charge is -2.40. The maximum absolute atomic E-state index is 5.47. The number of anilines is 1. The Balaban J connectivity index is 1.58. The van der Waals surface area contributed by atoms with E-state index in [0.29, 0.717) is 6.04 Å². The lowest BCUT2D eigenvalue weighted by Crippen LogP contribution is -2.49. The number of nitrogens with zero attached hydrogens (tertiary/aromatic N) is 4. The Bertz CT molecular complexity index is 625. The summed E-state index contributed by atoms with van der Waals surface area (Å²) in [7, 11) is 0. The molecule has 4 heterocycles. The smallest absolute Gasteiger partial charge is 0.141 e. The second-order valence-electron chi connectivity index (χ2n) is 6.09. The van der Waals surface area contributed by atoms with Crippen molar-refractivity contribution in [3.8, 4) is 0 Å². The summed E-state index contributed by atoms with van der Waals surface area (Å²) in [5, 5.41) is 3.32. The van der Waals surface area contributed by atoms with Crippen LogP contribution in [0.5, 0.6) is 0 Å². The van der Waals surface area contributed by atoms with E-state index < -0.39 is 0 Å². The highest BCUT2D eigenvalue weighted by molar-refractivity contribution is 7.16. The molecule has 0 saturated carbocycles. The van der Waals surface area contributed by atoms with E-state index in [-0.39, 0.29) is 0 Å². The average Bonchev–Trinajstić information content (AvgIpc) is 3.05. The van der Waals surface area contributed by atoms with Gasteiger partial charge in [0.2, 0.25) is 0 Å². The van der Waals surface area contributed by atoms with Crippen molar-refractivity contribution in [1.82, 2.24) is 14.9 Å². The van der Waals surface area contributed by atoms with Crippen molar-refractivity contribution in [2.75, 3.05) is 44.3 Å². The second kappa shape index (κ2) is 6.48. The molecule has 2 aromatic heterocycles. The fourth-order valence-electron chi connectivity index (χ4n) is 3.56. The summed E-state index contributed by atoms with van der Waals surface area (Å²) >= 11 is 1.70. The Morgan fingerprint density at radius 2 is 2.09 bits per heavy atom. The number of ether oxygens (including phenoxy) is 1. The number of hydrogen-bond donors (Lipinski definition) is 0. The minimum Gasteiger partial charge on any atom is -0.379 e. The first-order valence-corrected chi connectivity index (χ1v) is 9.05. The van der Waals surface area contributed by atoms with Crippen LogP contribution in [0, 0.1) is 0 Å². The normalized spacial score (nSPS) is 24.0. The van der Waals surface area contributed by atoms with Crippen LogP contribution >= 0.6 is 11.3 Å². The van der Waals surface area contributed by atoms with Crippen LogP contribution in [-0.2, 0) is 4.74 Å². The van der Waals surface area contributed by atoms with Crippen molar-refractivity contribution in [1.29, 1.82) is 0 Å². The van der Waals surface area contributed by atoms with Gasteiger partial charge < -0.3 is 9.64 Å². The van der Waals surface area contributed by atoms with Crippen molar-refractivity contribution in [3.05, 3.63) is 17.8 Å². The lowest BCUT2D eigenvalue weighted by molar-refractivity contribution is 0.0338. The number of thiophene rings is 1. The molecule has 118 valence electrons. The van der Waals surface area contributed by atoms with Crippen LogP contribution in [0.2, 0.25) is 0 Å². The molecular formula is C16H22N4OS. The number of hydrogen-bond acceptors (Lipinski definition) is 6. The largest absolute Gasteiger partial charge is 0.379 e. The van der Waals surface area contributed by atoms with Gasteiger partial charge in [0.15, 0.2) is 0 Å². The fraction of sp³-hybridized carbons (Fsp3) is 0.625. The van der Waals surface area contributed by atoms with Gasteiger partial charge in [0.1, 0.15) is 17.0 Å². The molecule has 2 fully saturated rings. The molecule has 0 aliphatic carbocycles. The van der Waals surface area contributed by atoms with Gasteiger partial charge in [0.05, 0.1) is 18.6 Å². The molecule has 4 rings (SSSR count). The highest BCUT2D eigenvalue weighted by atomic mass is 32.1. The molecule has 0 spiro atoms. The third-order valence-electron chi connectivity index (χ3n) is 4.71. The first-order chi connectivity index (χ1) is 10.9. The molecule has 6 heteroatoms. The van der Waals surface area contributed by atoms with E-state index in [1.807, 2.05) is 0 Å². The molecule has 1 atom stereocenters. The van der Waals surface area contributed by atoms with Crippen molar-refractivity contribution in [2.45, 2.75) is 25.3 Å². The van der Waals surface area contributed by atoms with E-state index in [1.165, 1.54) is 24.6 Å². The van der Waals surface area contributed by atoms with Gasteiger partial charge in [-0.2, -0.15) is 0 Å². The minimum absolute atomic E-state index is 0.560. The van der Waals surface area contributed by atoms with Gasteiger partial charge >= 0.3 is 0 Å². The van der Waals surface area contributed by atoms with Gasteiger partial charge in [0, 0.05) is 32.2 Å². The Morgan fingerprint density at radius 1 is 1.18 bits per heavy atom. The number of piperidine rings is 1. The van der Waals surface area contributed by atoms with Crippen molar-refractivity contribution in [3.63, 3.8) is 0 Å². The predicted octanol–water partition coefficient (Wildman–Crippen LogP) is 2.38. The van der Waals surface area contributed by atoms with E-state index in [4.69, 9.17) is 4.74 Å². The topological polar surface area (TPSA) is 41.5 Å². The highest BCUT2D eigenvalue weighted by Gasteiger charge is 2.27. The monoisotopic (exact) mass is 318 g/mol. The molecule has 0 N–H and O–H groups in total. The molecule has 2 saturated heterocycles. The van der Waals surface area contributed by atoms with Gasteiger partial charge in [-0.15, -0.1) is 11.3 Å². The predicted molar refractivity (Wildman–Crippen MR) is 89.7 cm³/mol. The van der Waals surface area contributed by atoms with Crippen LogP contribution in [0.15, 0.2) is 17.8 Å². The third kappa shape index (κ3) is 2.83. The van der Waals surface area contributed by atoms with E-state index in [9.17, 15) is 0 Å². The molecule has 22 heavy (non-hydrogen) atoms. The van der Waals surface area contributed by atoms with Crippen LogP contribution in [0.1, 0.15) is 19.3 Å². The average molecular weight is 318 g/mol. The number of aromatic nitrogens is 2. The van der Waals surface area contributed by atoms with Gasteiger partial charge in [-0.25, -0.2) is 9.97 Å². The number of rotatable bonds is 3. The summed E-state index contributed by atoms with van der Waals surface area (Å²) in [6.45, 7) is 6.09. The van der Waals surface area contributed by atoms with Crippen molar-refractivity contribution in [2.24, 2.45) is 0 Å². The van der Waals surface area contributed by atoms with Gasteiger partial charge in [-0.3, -0.25) is 4.90 Å². The van der Waals surface area contributed by atoms with Crippen molar-refractivity contribution >= 4 is 27.4 Å². The molecule has 0 amide bonds. The van der Waals surface area contributed by atoms with Crippen LogP contribution in [-0.4, -0.2) is 60.3 Å². The minimum atomic E-state index is 0.560. The van der Waals surface area contributed by atoms with E-state index in [1.54, 1.807) is 17.7 Å². The van der Waals surface area contributed by atoms with E-state index in [0.717, 1.165) is 50.0 Å². The molecule has 1 unspecified atom stereocenters. The first-order valence-electron chi connectivity index (χ1n) is 8.17. The van der Waals surface area contributed by atoms with Crippen molar-refractivity contribution < 1.29 is 4.74 Å². The van der Waals surface area contributed by atoms with Crippen LogP contribution < -0.4 is 4.90 Å². The van der Waals surface area contributed by atoms with E-state index >= 15 is 0 Å². The molecule has 0 bridgehead atoms. The maximum atomic E-state index is 5.47. The zero-order chi connectivity index (χ0) is 14.8. The molecule has 2 aliphatic rings. The molecule has 2 aromatic rings. The fourth-order valence-corrected chi connectivity index (χ4v) is 4.28. The third-order valence-corrected chi connectivity index (χ3v) is 5.53.